The SMILES string of the molecule is CC1=C(C)C(C)CC=C(c2nc(C(=O)NCCCCC(=O)NO)c(C3CC3)s2)S1. The number of thiazole rings is 1. The molecule has 2 amide bonds. The van der Waals surface area contributed by atoms with E-state index >= 15 is 0 Å². The number of allylic oxidation sites excluding steroid dienone is 3. The molecule has 1 unspecified atom stereocenters. The van der Waals surface area contributed by atoms with E-state index in [2.05, 4.69) is 32.2 Å². The predicted octanol–water partition coefficient (Wildman–Crippen LogP) is 4.83. The van der Waals surface area contributed by atoms with Crippen molar-refractivity contribution in [3.8, 4) is 0 Å². The number of unbranched alkanes of at least 4 members (excludes halogenated alkanes) is 1. The van der Waals surface area contributed by atoms with Crippen LogP contribution in [0.1, 0.15) is 85.6 Å². The highest BCUT2D eigenvalue weighted by Gasteiger charge is 2.32. The number of hydrogen-bond donors (Lipinski definition) is 3. The van der Waals surface area contributed by atoms with Crippen LogP contribution >= 0.6 is 23.1 Å². The molecule has 6 nitrogen and oxygen atoms in total. The first-order chi connectivity index (χ1) is 13.9. The first kappa shape index (κ1) is 22.1. The fourth-order valence-electron chi connectivity index (χ4n) is 3.20. The van der Waals surface area contributed by atoms with E-state index in [0.29, 0.717) is 36.9 Å². The third-order valence-electron chi connectivity index (χ3n) is 5.48. The van der Waals surface area contributed by atoms with Crippen LogP contribution in [-0.4, -0.2) is 28.6 Å². The van der Waals surface area contributed by atoms with Crippen LogP contribution in [-0.2, 0) is 4.79 Å². The van der Waals surface area contributed by atoms with Crippen LogP contribution in [0, 0.1) is 5.92 Å². The molecule has 0 aromatic carbocycles. The molecule has 1 aliphatic carbocycles. The highest BCUT2D eigenvalue weighted by Crippen LogP contribution is 2.48. The quantitative estimate of drug-likeness (QED) is 0.309. The molecular weight excluding hydrogens is 406 g/mol. The van der Waals surface area contributed by atoms with Gasteiger partial charge in [0.2, 0.25) is 5.91 Å². The molecule has 2 aliphatic rings. The molecule has 1 aromatic rings. The van der Waals surface area contributed by atoms with E-state index in [1.54, 1.807) is 28.6 Å². The second-order valence-corrected chi connectivity index (χ2v) is 10.1. The molecule has 1 fully saturated rings. The van der Waals surface area contributed by atoms with Gasteiger partial charge in [-0.3, -0.25) is 14.8 Å². The highest BCUT2D eigenvalue weighted by molar-refractivity contribution is 8.11. The van der Waals surface area contributed by atoms with Gasteiger partial charge in [0.05, 0.1) is 0 Å². The van der Waals surface area contributed by atoms with Crippen LogP contribution in [0.5, 0.6) is 0 Å². The fourth-order valence-corrected chi connectivity index (χ4v) is 5.62. The Morgan fingerprint density at radius 2 is 2.03 bits per heavy atom. The molecule has 0 saturated heterocycles. The Morgan fingerprint density at radius 1 is 1.28 bits per heavy atom. The van der Waals surface area contributed by atoms with E-state index in [0.717, 1.165) is 34.1 Å². The number of rotatable bonds is 8. The molecule has 3 rings (SSSR count). The van der Waals surface area contributed by atoms with Gasteiger partial charge in [-0.25, -0.2) is 10.5 Å². The predicted molar refractivity (Wildman–Crippen MR) is 118 cm³/mol. The number of hydroxylamine groups is 1. The fraction of sp³-hybridized carbons (Fsp3) is 0.571. The Balaban J connectivity index is 1.68. The lowest BCUT2D eigenvalue weighted by Crippen LogP contribution is -2.26. The number of aromatic nitrogens is 1. The summed E-state index contributed by atoms with van der Waals surface area (Å²) in [5.41, 5.74) is 3.61. The Kier molecular flexibility index (Phi) is 7.54. The number of nitrogens with zero attached hydrogens (tertiary/aromatic N) is 1. The van der Waals surface area contributed by atoms with Crippen molar-refractivity contribution in [1.82, 2.24) is 15.8 Å². The summed E-state index contributed by atoms with van der Waals surface area (Å²) in [5.74, 6) is 0.457. The van der Waals surface area contributed by atoms with E-state index in [1.165, 1.54) is 10.5 Å². The van der Waals surface area contributed by atoms with E-state index in [-0.39, 0.29) is 12.3 Å². The summed E-state index contributed by atoms with van der Waals surface area (Å²) in [4.78, 5) is 32.1. The van der Waals surface area contributed by atoms with Gasteiger partial charge in [0.25, 0.3) is 5.91 Å². The molecule has 2 heterocycles. The van der Waals surface area contributed by atoms with Crippen LogP contribution in [0.25, 0.3) is 4.91 Å². The molecule has 3 N–H and O–H groups in total. The minimum atomic E-state index is -0.403. The standard InChI is InChI=1S/C21H29N3O3S2/c1-12-7-10-16(28-14(3)13(12)2)21-23-18(19(29-21)15-8-9-15)20(26)22-11-5-4-6-17(25)24-27/h10,12,15,27H,4-9,11H2,1-3H3,(H,22,26)(H,24,25). The lowest BCUT2D eigenvalue weighted by molar-refractivity contribution is -0.129. The number of hydrogen-bond acceptors (Lipinski definition) is 6. The average molecular weight is 436 g/mol. The number of nitrogens with one attached hydrogen (secondary N) is 2. The first-order valence-electron chi connectivity index (χ1n) is 10.2. The van der Waals surface area contributed by atoms with Crippen LogP contribution in [0.2, 0.25) is 0 Å². The van der Waals surface area contributed by atoms with Gasteiger partial charge < -0.3 is 5.32 Å². The van der Waals surface area contributed by atoms with E-state index < -0.39 is 5.91 Å². The van der Waals surface area contributed by atoms with Gasteiger partial charge >= 0.3 is 0 Å². The lowest BCUT2D eigenvalue weighted by atomic mass is 9.99. The van der Waals surface area contributed by atoms with Crippen LogP contribution in [0.4, 0.5) is 0 Å². The molecule has 8 heteroatoms. The largest absolute Gasteiger partial charge is 0.351 e. The van der Waals surface area contributed by atoms with Gasteiger partial charge in [0.15, 0.2) is 0 Å². The topological polar surface area (TPSA) is 91.3 Å². The second-order valence-electron chi connectivity index (χ2n) is 7.80. The summed E-state index contributed by atoms with van der Waals surface area (Å²) < 4.78 is 0. The molecule has 0 spiro atoms. The molecule has 1 aliphatic heterocycles. The van der Waals surface area contributed by atoms with Crippen molar-refractivity contribution in [2.24, 2.45) is 5.92 Å². The summed E-state index contributed by atoms with van der Waals surface area (Å²) in [6, 6.07) is 0. The molecule has 0 radical (unpaired) electrons. The zero-order valence-electron chi connectivity index (χ0n) is 17.2. The summed E-state index contributed by atoms with van der Waals surface area (Å²) in [6.07, 6.45) is 7.04. The maximum atomic E-state index is 12.8. The number of amides is 2. The zero-order valence-corrected chi connectivity index (χ0v) is 18.8. The van der Waals surface area contributed by atoms with Crippen molar-refractivity contribution in [3.63, 3.8) is 0 Å². The first-order valence-corrected chi connectivity index (χ1v) is 11.8. The third-order valence-corrected chi connectivity index (χ3v) is 8.07. The molecule has 29 heavy (non-hydrogen) atoms. The molecular formula is C21H29N3O3S2. The van der Waals surface area contributed by atoms with Crippen molar-refractivity contribution in [3.05, 3.63) is 32.1 Å². The van der Waals surface area contributed by atoms with Crippen molar-refractivity contribution in [2.45, 2.75) is 65.2 Å². The zero-order chi connectivity index (χ0) is 21.0. The normalized spacial score (nSPS) is 19.6. The minimum Gasteiger partial charge on any atom is -0.351 e. The Morgan fingerprint density at radius 3 is 2.72 bits per heavy atom. The third kappa shape index (κ3) is 5.71. The van der Waals surface area contributed by atoms with Gasteiger partial charge in [-0.15, -0.1) is 11.3 Å². The van der Waals surface area contributed by atoms with Crippen LogP contribution in [0.3, 0.4) is 0 Å². The van der Waals surface area contributed by atoms with Gasteiger partial charge in [-0.05, 0) is 62.7 Å². The molecule has 1 aromatic heterocycles. The van der Waals surface area contributed by atoms with Crippen molar-refractivity contribution in [2.75, 3.05) is 6.54 Å². The maximum absolute atomic E-state index is 12.8. The second kappa shape index (κ2) is 9.91. The summed E-state index contributed by atoms with van der Waals surface area (Å²) in [7, 11) is 0. The van der Waals surface area contributed by atoms with Crippen LogP contribution in [0.15, 0.2) is 16.6 Å². The summed E-state index contributed by atoms with van der Waals surface area (Å²) in [6.45, 7) is 7.10. The lowest BCUT2D eigenvalue weighted by Gasteiger charge is -2.09. The number of carbonyl (C=O) groups is 2. The molecule has 0 bridgehead atoms. The van der Waals surface area contributed by atoms with Gasteiger partial charge in [0, 0.05) is 22.7 Å². The van der Waals surface area contributed by atoms with Gasteiger partial charge in [-0.1, -0.05) is 30.3 Å². The smallest absolute Gasteiger partial charge is 0.271 e. The van der Waals surface area contributed by atoms with Crippen molar-refractivity contribution in [1.29, 1.82) is 0 Å². The number of thioether (sulfide) groups is 1. The van der Waals surface area contributed by atoms with Crippen molar-refractivity contribution < 1.29 is 14.8 Å². The number of carbonyl (C=O) groups excluding carboxylic acids is 2. The van der Waals surface area contributed by atoms with Crippen molar-refractivity contribution >= 4 is 39.8 Å². The maximum Gasteiger partial charge on any atom is 0.271 e. The highest BCUT2D eigenvalue weighted by atomic mass is 32.2. The van der Waals surface area contributed by atoms with Gasteiger partial charge in [0.1, 0.15) is 10.7 Å². The Bertz CT molecular complexity index is 840. The van der Waals surface area contributed by atoms with E-state index in [9.17, 15) is 9.59 Å². The summed E-state index contributed by atoms with van der Waals surface area (Å²) in [5, 5.41) is 12.4. The van der Waals surface area contributed by atoms with E-state index in [4.69, 9.17) is 10.2 Å². The average Bonchev–Trinajstić information content (AvgIpc) is 3.48. The Labute approximate surface area is 180 Å². The molecule has 158 valence electrons. The molecule has 1 atom stereocenters. The van der Waals surface area contributed by atoms with Gasteiger partial charge in [-0.2, -0.15) is 0 Å². The Hall–Kier alpha value is -1.64. The summed E-state index contributed by atoms with van der Waals surface area (Å²) >= 11 is 3.43. The van der Waals surface area contributed by atoms with E-state index in [1.807, 2.05) is 0 Å². The van der Waals surface area contributed by atoms with Crippen LogP contribution < -0.4 is 10.8 Å². The monoisotopic (exact) mass is 435 g/mol. The molecule has 1 saturated carbocycles. The minimum absolute atomic E-state index is 0.128.